The molecule has 50 heavy (non-hydrogen) atoms. The maximum atomic E-state index is 14.3. The van der Waals surface area contributed by atoms with Gasteiger partial charge in [0.05, 0.1) is 18.2 Å². The van der Waals surface area contributed by atoms with Crippen molar-refractivity contribution in [3.8, 4) is 0 Å². The van der Waals surface area contributed by atoms with Gasteiger partial charge >= 0.3 is 6.03 Å². The lowest BCUT2D eigenvalue weighted by Gasteiger charge is -2.58. The highest BCUT2D eigenvalue weighted by Crippen LogP contribution is 2.62. The Bertz CT molecular complexity index is 1560. The van der Waals surface area contributed by atoms with Crippen LogP contribution in [0.1, 0.15) is 138 Å². The third-order valence-corrected chi connectivity index (χ3v) is 13.8. The summed E-state index contributed by atoms with van der Waals surface area (Å²) in [6, 6.07) is 15.6. The fraction of sp³-hybridized carbons (Fsp3) is 0.636. The van der Waals surface area contributed by atoms with E-state index in [2.05, 4.69) is 37.4 Å². The first-order valence-electron chi connectivity index (χ1n) is 19.7. The minimum atomic E-state index is -1.13. The lowest BCUT2D eigenvalue weighted by molar-refractivity contribution is -0.0985. The van der Waals surface area contributed by atoms with Crippen molar-refractivity contribution in [2.75, 3.05) is 13.1 Å². The number of aliphatic hydroxyl groups excluding tert-OH is 1. The van der Waals surface area contributed by atoms with Crippen LogP contribution >= 0.6 is 0 Å². The van der Waals surface area contributed by atoms with Gasteiger partial charge in [-0.25, -0.2) is 4.79 Å². The van der Waals surface area contributed by atoms with Gasteiger partial charge < -0.3 is 20.4 Å². The first-order valence-corrected chi connectivity index (χ1v) is 19.7. The van der Waals surface area contributed by atoms with E-state index < -0.39 is 17.1 Å². The van der Waals surface area contributed by atoms with Crippen molar-refractivity contribution >= 4 is 11.8 Å². The van der Waals surface area contributed by atoms with E-state index in [1.165, 1.54) is 44.1 Å². The van der Waals surface area contributed by atoms with Crippen LogP contribution in [0.5, 0.6) is 0 Å². The van der Waals surface area contributed by atoms with Crippen LogP contribution in [0.15, 0.2) is 60.2 Å². The molecular weight excluding hydrogens is 620 g/mol. The Labute approximate surface area is 300 Å². The Morgan fingerprint density at radius 3 is 2.28 bits per heavy atom. The summed E-state index contributed by atoms with van der Waals surface area (Å²) in [5.74, 6) is 2.27. The number of rotatable bonds is 7. The molecule has 6 bridgehead atoms. The number of ketones is 1. The van der Waals surface area contributed by atoms with Crippen LogP contribution in [-0.4, -0.2) is 57.8 Å². The topological polar surface area (TPSA) is 89.9 Å². The molecule has 7 aliphatic carbocycles. The number of hydrogen-bond acceptors (Lipinski definition) is 4. The summed E-state index contributed by atoms with van der Waals surface area (Å²) in [5.41, 5.74) is 2.96. The maximum Gasteiger partial charge on any atom is 0.317 e. The molecule has 0 spiro atoms. The van der Waals surface area contributed by atoms with Gasteiger partial charge in [-0.1, -0.05) is 61.0 Å². The Morgan fingerprint density at radius 1 is 0.940 bits per heavy atom. The number of urea groups is 1. The molecule has 0 aromatic heterocycles. The van der Waals surface area contributed by atoms with E-state index in [0.717, 1.165) is 54.6 Å². The second-order valence-corrected chi connectivity index (χ2v) is 18.0. The summed E-state index contributed by atoms with van der Waals surface area (Å²) in [6.07, 6.45) is 14.3. The van der Waals surface area contributed by atoms with Gasteiger partial charge in [0.15, 0.2) is 5.78 Å². The fourth-order valence-electron chi connectivity index (χ4n) is 11.7. The molecule has 2 amide bonds. The molecule has 4 atom stereocenters. The van der Waals surface area contributed by atoms with E-state index in [4.69, 9.17) is 0 Å². The second-order valence-electron chi connectivity index (χ2n) is 18.0. The van der Waals surface area contributed by atoms with Crippen molar-refractivity contribution in [1.29, 1.82) is 0 Å². The normalized spacial score (nSPS) is 35.0. The number of hydrogen-bond donors (Lipinski definition) is 3. The van der Waals surface area contributed by atoms with Gasteiger partial charge in [0.25, 0.3) is 0 Å². The fourth-order valence-corrected chi connectivity index (χ4v) is 11.7. The Morgan fingerprint density at radius 2 is 1.62 bits per heavy atom. The minimum Gasteiger partial charge on any atom is -0.393 e. The number of carbonyl (C=O) groups excluding carboxylic acids is 2. The summed E-state index contributed by atoms with van der Waals surface area (Å²) in [7, 11) is 0. The summed E-state index contributed by atoms with van der Waals surface area (Å²) in [5, 5.41) is 27.3. The zero-order valence-electron chi connectivity index (χ0n) is 30.9. The highest BCUT2D eigenvalue weighted by Gasteiger charge is 2.59. The van der Waals surface area contributed by atoms with Crippen LogP contribution < -0.4 is 5.32 Å². The SMILES string of the molecule is CC1=CCC[C@@]2(C)[C@@H](CC[C@@]2(O)CN(CC23CC4CC(CC(C4)C2)C3)C(=O)NC(C)C)c2ccc(cc2C(=O)c2ccccc2)C[C@@H](O)CC1. The van der Waals surface area contributed by atoms with Gasteiger partial charge in [0, 0.05) is 29.1 Å². The van der Waals surface area contributed by atoms with Crippen molar-refractivity contribution in [3.63, 3.8) is 0 Å². The number of benzene rings is 2. The van der Waals surface area contributed by atoms with E-state index in [1.807, 2.05) is 55.1 Å². The molecule has 0 unspecified atom stereocenters. The molecule has 270 valence electrons. The first-order chi connectivity index (χ1) is 23.9. The monoisotopic (exact) mass is 680 g/mol. The quantitative estimate of drug-likeness (QED) is 0.202. The lowest BCUT2D eigenvalue weighted by Crippen LogP contribution is -2.59. The molecule has 6 nitrogen and oxygen atoms in total. The van der Waals surface area contributed by atoms with E-state index in [1.54, 1.807) is 0 Å². The van der Waals surface area contributed by atoms with Crippen molar-refractivity contribution in [3.05, 3.63) is 82.4 Å². The molecule has 2 aromatic rings. The molecule has 2 aromatic carbocycles. The highest BCUT2D eigenvalue weighted by atomic mass is 16.3. The average molecular weight is 681 g/mol. The molecular formula is C44H60N2O4. The third-order valence-electron chi connectivity index (χ3n) is 13.8. The zero-order valence-corrected chi connectivity index (χ0v) is 30.9. The maximum absolute atomic E-state index is 14.3. The van der Waals surface area contributed by atoms with E-state index in [0.29, 0.717) is 43.5 Å². The van der Waals surface area contributed by atoms with Crippen LogP contribution in [0.3, 0.4) is 0 Å². The lowest BCUT2D eigenvalue weighted by atomic mass is 9.49. The molecule has 0 heterocycles. The smallest absolute Gasteiger partial charge is 0.317 e. The summed E-state index contributed by atoms with van der Waals surface area (Å²) < 4.78 is 0. The molecule has 5 saturated carbocycles. The van der Waals surface area contributed by atoms with Crippen LogP contribution in [-0.2, 0) is 6.42 Å². The Hall–Kier alpha value is -2.96. The number of nitrogens with one attached hydrogen (secondary N) is 1. The molecule has 9 rings (SSSR count). The number of allylic oxidation sites excluding steroid dienone is 2. The van der Waals surface area contributed by atoms with E-state index in [9.17, 15) is 19.8 Å². The van der Waals surface area contributed by atoms with Crippen LogP contribution in [0.4, 0.5) is 4.79 Å². The van der Waals surface area contributed by atoms with Crippen LogP contribution in [0.25, 0.3) is 0 Å². The van der Waals surface area contributed by atoms with Crippen LogP contribution in [0.2, 0.25) is 0 Å². The molecule has 6 heteroatoms. The first kappa shape index (κ1) is 35.4. The number of fused-ring (bicyclic) bond motifs is 8. The van der Waals surface area contributed by atoms with Gasteiger partial charge in [-0.2, -0.15) is 0 Å². The van der Waals surface area contributed by atoms with Gasteiger partial charge in [0.1, 0.15) is 0 Å². The Kier molecular flexibility index (Phi) is 9.84. The molecule has 5 fully saturated rings. The average Bonchev–Trinajstić information content (AvgIpc) is 3.31. The number of carbonyl (C=O) groups is 2. The molecule has 0 radical (unpaired) electrons. The standard InChI is InChI=1S/C44H60N2O4/c1-29(2)45-41(49)46(27-43-24-32-19-33(25-43)21-34(20-32)26-43)28-44(50)18-16-39-37-15-13-31(23-38(37)40(48)35-10-6-5-7-11-35)22-36(47)14-12-30(3)9-8-17-42(39,44)4/h5-7,9-11,13,15,23,29,32-34,36,39,47,50H,8,12,14,16-22,24-28H2,1-4H3,(H,45,49)/t32?,33?,34?,36-,39-,42-,43?,44+/m0/s1. The van der Waals surface area contributed by atoms with Gasteiger partial charge in [-0.3, -0.25) is 4.79 Å². The van der Waals surface area contributed by atoms with Crippen molar-refractivity contribution in [1.82, 2.24) is 10.2 Å². The van der Waals surface area contributed by atoms with Gasteiger partial charge in [0.2, 0.25) is 0 Å². The zero-order chi connectivity index (χ0) is 35.3. The van der Waals surface area contributed by atoms with Gasteiger partial charge in [-0.15, -0.1) is 0 Å². The summed E-state index contributed by atoms with van der Waals surface area (Å²) in [6.45, 7) is 9.43. The van der Waals surface area contributed by atoms with Crippen LogP contribution in [0, 0.1) is 28.6 Å². The number of nitrogens with zero attached hydrogens (tertiary/aromatic N) is 1. The number of aliphatic hydroxyl groups is 2. The predicted molar refractivity (Wildman–Crippen MR) is 199 cm³/mol. The molecule has 0 aliphatic heterocycles. The highest BCUT2D eigenvalue weighted by molar-refractivity contribution is 6.10. The molecule has 7 aliphatic rings. The minimum absolute atomic E-state index is 0.00831. The van der Waals surface area contributed by atoms with Crippen molar-refractivity contribution in [2.24, 2.45) is 28.6 Å². The summed E-state index contributed by atoms with van der Waals surface area (Å²) >= 11 is 0. The molecule has 0 saturated heterocycles. The van der Waals surface area contributed by atoms with Crippen molar-refractivity contribution in [2.45, 2.75) is 135 Å². The Balaban J connectivity index is 1.27. The van der Waals surface area contributed by atoms with Gasteiger partial charge in [-0.05, 0) is 151 Å². The third kappa shape index (κ3) is 6.96. The predicted octanol–water partition coefficient (Wildman–Crippen LogP) is 8.59. The second kappa shape index (κ2) is 13.9. The van der Waals surface area contributed by atoms with E-state index in [-0.39, 0.29) is 29.2 Å². The molecule has 3 N–H and O–H groups in total. The van der Waals surface area contributed by atoms with E-state index >= 15 is 0 Å². The largest absolute Gasteiger partial charge is 0.393 e. The van der Waals surface area contributed by atoms with Crippen molar-refractivity contribution < 1.29 is 19.8 Å². The summed E-state index contributed by atoms with van der Waals surface area (Å²) in [4.78, 5) is 30.5. The number of amides is 2.